The zero-order valence-electron chi connectivity index (χ0n) is 19.3. The van der Waals surface area contributed by atoms with Crippen LogP contribution in [0.3, 0.4) is 0 Å². The average molecular weight is 476 g/mol. The zero-order chi connectivity index (χ0) is 24.3. The number of carbonyl (C=O) groups is 2. The van der Waals surface area contributed by atoms with Gasteiger partial charge >= 0.3 is 0 Å². The van der Waals surface area contributed by atoms with Crippen LogP contribution in [0.15, 0.2) is 78.9 Å². The second-order valence-electron chi connectivity index (χ2n) is 8.18. The van der Waals surface area contributed by atoms with E-state index in [9.17, 15) is 9.59 Å². The van der Waals surface area contributed by atoms with Crippen molar-refractivity contribution in [1.29, 1.82) is 0 Å². The number of hydrogen-bond donors (Lipinski definition) is 3. The predicted octanol–water partition coefficient (Wildman–Crippen LogP) is 4.82. The largest absolute Gasteiger partial charge is 0.493 e. The van der Waals surface area contributed by atoms with Crippen molar-refractivity contribution in [1.82, 2.24) is 10.6 Å². The summed E-state index contributed by atoms with van der Waals surface area (Å²) in [5.41, 5.74) is 2.53. The Morgan fingerprint density at radius 3 is 2.41 bits per heavy atom. The Bertz CT molecular complexity index is 1130. The third kappa shape index (κ3) is 7.71. The maximum Gasteiger partial charge on any atom is 0.257 e. The van der Waals surface area contributed by atoms with Crippen molar-refractivity contribution in [3.8, 4) is 5.75 Å². The van der Waals surface area contributed by atoms with E-state index < -0.39 is 0 Å². The van der Waals surface area contributed by atoms with Crippen molar-refractivity contribution in [2.45, 2.75) is 20.3 Å². The fourth-order valence-electron chi connectivity index (χ4n) is 3.17. The van der Waals surface area contributed by atoms with E-state index in [-0.39, 0.29) is 16.9 Å². The average Bonchev–Trinajstić information content (AvgIpc) is 2.83. The maximum absolute atomic E-state index is 12.7. The molecule has 3 N–H and O–H groups in total. The Morgan fingerprint density at radius 1 is 0.912 bits per heavy atom. The smallest absolute Gasteiger partial charge is 0.257 e. The van der Waals surface area contributed by atoms with Gasteiger partial charge in [-0.3, -0.25) is 14.9 Å². The van der Waals surface area contributed by atoms with Crippen LogP contribution in [0.5, 0.6) is 5.75 Å². The van der Waals surface area contributed by atoms with Crippen molar-refractivity contribution in [3.63, 3.8) is 0 Å². The van der Waals surface area contributed by atoms with Crippen LogP contribution >= 0.6 is 12.2 Å². The molecule has 34 heavy (non-hydrogen) atoms. The summed E-state index contributed by atoms with van der Waals surface area (Å²) in [6, 6.07) is 23.9. The molecule has 0 unspecified atom stereocenters. The molecule has 0 aliphatic rings. The van der Waals surface area contributed by atoms with Crippen molar-refractivity contribution >= 4 is 34.8 Å². The maximum atomic E-state index is 12.7. The molecule has 0 heterocycles. The van der Waals surface area contributed by atoms with E-state index in [1.807, 2.05) is 36.4 Å². The highest BCUT2D eigenvalue weighted by molar-refractivity contribution is 7.80. The van der Waals surface area contributed by atoms with Crippen molar-refractivity contribution in [3.05, 3.63) is 95.6 Å². The first-order chi connectivity index (χ1) is 16.4. The van der Waals surface area contributed by atoms with E-state index >= 15 is 0 Å². The summed E-state index contributed by atoms with van der Waals surface area (Å²) >= 11 is 5.32. The molecular weight excluding hydrogens is 446 g/mol. The quantitative estimate of drug-likeness (QED) is 0.387. The van der Waals surface area contributed by atoms with E-state index in [2.05, 4.69) is 29.8 Å². The molecule has 0 spiro atoms. The molecule has 0 aromatic heterocycles. The molecule has 0 saturated heterocycles. The van der Waals surface area contributed by atoms with Gasteiger partial charge in [0.05, 0.1) is 17.9 Å². The van der Waals surface area contributed by atoms with Crippen LogP contribution in [-0.2, 0) is 6.42 Å². The third-order valence-corrected chi connectivity index (χ3v) is 5.07. The molecular formula is C27H29N3O3S. The number of para-hydroxylation sites is 1. The fourth-order valence-corrected chi connectivity index (χ4v) is 3.37. The highest BCUT2D eigenvalue weighted by Crippen LogP contribution is 2.16. The van der Waals surface area contributed by atoms with Gasteiger partial charge in [-0.1, -0.05) is 62.4 Å². The minimum Gasteiger partial charge on any atom is -0.493 e. The van der Waals surface area contributed by atoms with Gasteiger partial charge in [0.25, 0.3) is 11.8 Å². The van der Waals surface area contributed by atoms with Gasteiger partial charge < -0.3 is 15.4 Å². The van der Waals surface area contributed by atoms with E-state index in [0.717, 1.165) is 12.0 Å². The molecule has 3 aromatic carbocycles. The Kier molecular flexibility index (Phi) is 9.17. The van der Waals surface area contributed by atoms with Gasteiger partial charge in [-0.15, -0.1) is 0 Å². The van der Waals surface area contributed by atoms with Gasteiger partial charge in [0.15, 0.2) is 5.11 Å². The van der Waals surface area contributed by atoms with Crippen LogP contribution in [0, 0.1) is 5.92 Å². The first-order valence-corrected chi connectivity index (χ1v) is 11.6. The number of amides is 2. The van der Waals surface area contributed by atoms with E-state index in [4.69, 9.17) is 17.0 Å². The molecule has 0 atom stereocenters. The number of thiocarbonyl (C=S) groups is 1. The Labute approximate surface area is 205 Å². The number of benzene rings is 3. The second kappa shape index (κ2) is 12.5. The normalized spacial score (nSPS) is 10.4. The van der Waals surface area contributed by atoms with Gasteiger partial charge in [0.1, 0.15) is 5.75 Å². The predicted molar refractivity (Wildman–Crippen MR) is 139 cm³/mol. The van der Waals surface area contributed by atoms with Gasteiger partial charge in [0.2, 0.25) is 0 Å². The Balaban J connectivity index is 1.57. The minimum absolute atomic E-state index is 0.100. The lowest BCUT2D eigenvalue weighted by Crippen LogP contribution is -2.35. The molecule has 6 nitrogen and oxygen atoms in total. The molecule has 0 bridgehead atoms. The summed E-state index contributed by atoms with van der Waals surface area (Å²) in [7, 11) is 0. The molecule has 3 aromatic rings. The molecule has 0 aliphatic carbocycles. The number of rotatable bonds is 9. The van der Waals surface area contributed by atoms with Gasteiger partial charge in [-0.25, -0.2) is 0 Å². The highest BCUT2D eigenvalue weighted by atomic mass is 32.1. The van der Waals surface area contributed by atoms with E-state index in [1.165, 1.54) is 0 Å². The summed E-state index contributed by atoms with van der Waals surface area (Å²) < 4.78 is 5.69. The highest BCUT2D eigenvalue weighted by Gasteiger charge is 2.14. The summed E-state index contributed by atoms with van der Waals surface area (Å²) in [6.07, 6.45) is 0.733. The summed E-state index contributed by atoms with van der Waals surface area (Å²) in [4.78, 5) is 25.4. The van der Waals surface area contributed by atoms with Crippen LogP contribution in [-0.4, -0.2) is 30.1 Å². The SMILES string of the molecule is CC(C)COc1cccc(C(=O)NC(=S)Nc2ccccc2C(=O)NCCc2ccccc2)c1. The van der Waals surface area contributed by atoms with Crippen molar-refractivity contribution < 1.29 is 14.3 Å². The monoisotopic (exact) mass is 475 g/mol. The van der Waals surface area contributed by atoms with Crippen LogP contribution in [0.1, 0.15) is 40.1 Å². The Hall–Kier alpha value is -3.71. The number of nitrogens with one attached hydrogen (secondary N) is 3. The molecule has 7 heteroatoms. The second-order valence-corrected chi connectivity index (χ2v) is 8.59. The lowest BCUT2D eigenvalue weighted by atomic mass is 10.1. The third-order valence-electron chi connectivity index (χ3n) is 4.87. The van der Waals surface area contributed by atoms with E-state index in [0.29, 0.717) is 41.6 Å². The van der Waals surface area contributed by atoms with Gasteiger partial charge in [-0.05, 0) is 60.5 Å². The summed E-state index contributed by atoms with van der Waals surface area (Å²) in [5, 5.41) is 8.65. The Morgan fingerprint density at radius 2 is 1.65 bits per heavy atom. The standard InChI is InChI=1S/C27H29N3O3S/c1-19(2)18-33-22-12-8-11-21(17-22)25(31)30-27(34)29-24-14-7-6-13-23(24)26(32)28-16-15-20-9-4-3-5-10-20/h3-14,17,19H,15-16,18H2,1-2H3,(H,28,32)(H2,29,30,31,34). The van der Waals surface area contributed by atoms with Crippen LogP contribution in [0.25, 0.3) is 0 Å². The lowest BCUT2D eigenvalue weighted by Gasteiger charge is -2.14. The lowest BCUT2D eigenvalue weighted by molar-refractivity contribution is 0.0953. The number of ether oxygens (including phenoxy) is 1. The minimum atomic E-state index is -0.364. The van der Waals surface area contributed by atoms with Crippen LogP contribution < -0.4 is 20.7 Å². The van der Waals surface area contributed by atoms with Crippen LogP contribution in [0.4, 0.5) is 5.69 Å². The molecule has 0 saturated carbocycles. The molecule has 2 amide bonds. The van der Waals surface area contributed by atoms with Crippen LogP contribution in [0.2, 0.25) is 0 Å². The number of carbonyl (C=O) groups excluding carboxylic acids is 2. The molecule has 3 rings (SSSR count). The molecule has 0 aliphatic heterocycles. The van der Waals surface area contributed by atoms with Crippen molar-refractivity contribution in [2.24, 2.45) is 5.92 Å². The molecule has 0 fully saturated rings. The van der Waals surface area contributed by atoms with Crippen molar-refractivity contribution in [2.75, 3.05) is 18.5 Å². The molecule has 176 valence electrons. The first-order valence-electron chi connectivity index (χ1n) is 11.2. The van der Waals surface area contributed by atoms with Gasteiger partial charge in [-0.2, -0.15) is 0 Å². The first kappa shape index (κ1) is 24.9. The summed E-state index contributed by atoms with van der Waals surface area (Å²) in [6.45, 7) is 5.19. The zero-order valence-corrected chi connectivity index (χ0v) is 20.2. The summed E-state index contributed by atoms with van der Waals surface area (Å²) in [5.74, 6) is 0.420. The number of hydrogen-bond acceptors (Lipinski definition) is 4. The fraction of sp³-hybridized carbons (Fsp3) is 0.222. The topological polar surface area (TPSA) is 79.5 Å². The number of anilines is 1. The van der Waals surface area contributed by atoms with Gasteiger partial charge in [0, 0.05) is 12.1 Å². The molecule has 0 radical (unpaired) electrons. The van der Waals surface area contributed by atoms with E-state index in [1.54, 1.807) is 42.5 Å².